The van der Waals surface area contributed by atoms with E-state index < -0.39 is 0 Å². The summed E-state index contributed by atoms with van der Waals surface area (Å²) in [5.41, 5.74) is 1.82. The van der Waals surface area contributed by atoms with Crippen LogP contribution < -0.4 is 5.84 Å². The van der Waals surface area contributed by atoms with E-state index in [1.54, 1.807) is 6.07 Å². The van der Waals surface area contributed by atoms with Crippen molar-refractivity contribution in [3.8, 4) is 5.75 Å². The van der Waals surface area contributed by atoms with Crippen LogP contribution >= 0.6 is 0 Å². The first-order valence-electron chi connectivity index (χ1n) is 3.83. The number of nitrogens with zero attached hydrogens (tertiary/aromatic N) is 1. The van der Waals surface area contributed by atoms with Crippen molar-refractivity contribution in [2.45, 2.75) is 13.3 Å². The second kappa shape index (κ2) is 3.76. The van der Waals surface area contributed by atoms with E-state index in [0.717, 1.165) is 12.0 Å². The molecule has 0 aliphatic carbocycles. The number of hydrogen-bond donors (Lipinski definition) is 2. The van der Waals surface area contributed by atoms with Crippen LogP contribution in [-0.4, -0.2) is 11.3 Å². The van der Waals surface area contributed by atoms with E-state index in [1.807, 2.05) is 12.1 Å². The fraction of sp³-hybridized carbons (Fsp3) is 0.222. The van der Waals surface area contributed by atoms with Crippen molar-refractivity contribution in [3.63, 3.8) is 0 Å². The van der Waals surface area contributed by atoms with E-state index in [0.29, 0.717) is 5.56 Å². The summed E-state index contributed by atoms with van der Waals surface area (Å²) in [6, 6.07) is 5.39. The smallest absolute Gasteiger partial charge is 0.124 e. The number of aromatic hydroxyl groups is 1. The number of aryl methyl sites for hydroxylation is 1. The molecule has 3 N–H and O–H groups in total. The van der Waals surface area contributed by atoms with Crippen LogP contribution in [0.4, 0.5) is 0 Å². The summed E-state index contributed by atoms with van der Waals surface area (Å²) in [5.74, 6) is 5.19. The lowest BCUT2D eigenvalue weighted by molar-refractivity contribution is 0.474. The molecule has 0 aromatic heterocycles. The summed E-state index contributed by atoms with van der Waals surface area (Å²) in [6.07, 6.45) is 2.38. The Morgan fingerprint density at radius 2 is 2.33 bits per heavy atom. The number of nitrogens with two attached hydrogens (primary N) is 1. The number of rotatable bonds is 2. The highest BCUT2D eigenvalue weighted by Gasteiger charge is 1.98. The normalized spacial score (nSPS) is 10.8. The molecular weight excluding hydrogens is 152 g/mol. The number of phenolic OH excluding ortho intramolecular Hbond substituents is 1. The van der Waals surface area contributed by atoms with E-state index in [2.05, 4.69) is 12.0 Å². The maximum Gasteiger partial charge on any atom is 0.124 e. The Labute approximate surface area is 71.5 Å². The van der Waals surface area contributed by atoms with Gasteiger partial charge in [-0.05, 0) is 24.1 Å². The lowest BCUT2D eigenvalue weighted by Gasteiger charge is -2.00. The summed E-state index contributed by atoms with van der Waals surface area (Å²) in [4.78, 5) is 0. The van der Waals surface area contributed by atoms with Gasteiger partial charge in [0, 0.05) is 5.56 Å². The number of phenols is 1. The van der Waals surface area contributed by atoms with E-state index >= 15 is 0 Å². The zero-order chi connectivity index (χ0) is 8.97. The average Bonchev–Trinajstić information content (AvgIpc) is 2.09. The van der Waals surface area contributed by atoms with E-state index in [4.69, 9.17) is 5.84 Å². The third-order valence-electron chi connectivity index (χ3n) is 1.71. The van der Waals surface area contributed by atoms with Gasteiger partial charge in [0.25, 0.3) is 0 Å². The van der Waals surface area contributed by atoms with Crippen LogP contribution in [0.5, 0.6) is 5.75 Å². The maximum atomic E-state index is 9.31. The Hall–Kier alpha value is -1.51. The number of hydrazone groups is 1. The fourth-order valence-electron chi connectivity index (χ4n) is 1.01. The zero-order valence-electron chi connectivity index (χ0n) is 6.99. The molecule has 0 heterocycles. The minimum atomic E-state index is 0.210. The molecule has 0 spiro atoms. The first-order chi connectivity index (χ1) is 5.77. The molecule has 1 aromatic carbocycles. The molecule has 0 bridgehead atoms. The van der Waals surface area contributed by atoms with Crippen LogP contribution in [0.25, 0.3) is 0 Å². The second-order valence-corrected chi connectivity index (χ2v) is 2.52. The van der Waals surface area contributed by atoms with Crippen molar-refractivity contribution < 1.29 is 5.11 Å². The van der Waals surface area contributed by atoms with Crippen molar-refractivity contribution in [1.82, 2.24) is 0 Å². The van der Waals surface area contributed by atoms with Crippen LogP contribution in [0.1, 0.15) is 18.1 Å². The molecule has 64 valence electrons. The van der Waals surface area contributed by atoms with Gasteiger partial charge >= 0.3 is 0 Å². The Balaban J connectivity index is 3.08. The lowest BCUT2D eigenvalue weighted by Crippen LogP contribution is -1.89. The van der Waals surface area contributed by atoms with Crippen molar-refractivity contribution in [1.29, 1.82) is 0 Å². The van der Waals surface area contributed by atoms with Gasteiger partial charge in [0.05, 0.1) is 6.21 Å². The van der Waals surface area contributed by atoms with Gasteiger partial charge in [-0.3, -0.25) is 0 Å². The van der Waals surface area contributed by atoms with Gasteiger partial charge in [-0.15, -0.1) is 0 Å². The van der Waals surface area contributed by atoms with Crippen molar-refractivity contribution in [2.75, 3.05) is 0 Å². The summed E-state index contributed by atoms with van der Waals surface area (Å²) >= 11 is 0. The number of hydrogen-bond acceptors (Lipinski definition) is 3. The van der Waals surface area contributed by atoms with E-state index in [1.165, 1.54) is 6.21 Å². The van der Waals surface area contributed by atoms with Gasteiger partial charge in [-0.1, -0.05) is 13.0 Å². The molecule has 0 radical (unpaired) electrons. The minimum absolute atomic E-state index is 0.210. The number of benzene rings is 1. The van der Waals surface area contributed by atoms with Crippen LogP contribution in [-0.2, 0) is 6.42 Å². The monoisotopic (exact) mass is 164 g/mol. The average molecular weight is 164 g/mol. The third kappa shape index (κ3) is 1.75. The molecule has 0 saturated heterocycles. The molecule has 1 rings (SSSR count). The van der Waals surface area contributed by atoms with E-state index in [9.17, 15) is 5.11 Å². The van der Waals surface area contributed by atoms with Crippen molar-refractivity contribution in [3.05, 3.63) is 29.3 Å². The summed E-state index contributed by atoms with van der Waals surface area (Å²) < 4.78 is 0. The maximum absolute atomic E-state index is 9.31. The molecule has 0 amide bonds. The van der Waals surface area contributed by atoms with Crippen molar-refractivity contribution in [2.24, 2.45) is 10.9 Å². The van der Waals surface area contributed by atoms with Gasteiger partial charge in [0.15, 0.2) is 0 Å². The predicted octanol–water partition coefficient (Wildman–Crippen LogP) is 1.25. The zero-order valence-corrected chi connectivity index (χ0v) is 6.99. The largest absolute Gasteiger partial charge is 0.507 e. The van der Waals surface area contributed by atoms with Gasteiger partial charge in [-0.25, -0.2) is 0 Å². The minimum Gasteiger partial charge on any atom is -0.507 e. The Kier molecular flexibility index (Phi) is 2.69. The highest BCUT2D eigenvalue weighted by molar-refractivity contribution is 5.83. The van der Waals surface area contributed by atoms with E-state index in [-0.39, 0.29) is 5.75 Å². The quantitative estimate of drug-likeness (QED) is 0.392. The topological polar surface area (TPSA) is 58.6 Å². The molecule has 3 nitrogen and oxygen atoms in total. The van der Waals surface area contributed by atoms with Crippen molar-refractivity contribution >= 4 is 6.21 Å². The highest BCUT2D eigenvalue weighted by Crippen LogP contribution is 2.16. The molecule has 0 saturated carbocycles. The first-order valence-corrected chi connectivity index (χ1v) is 3.83. The summed E-state index contributed by atoms with van der Waals surface area (Å²) in [6.45, 7) is 2.05. The molecule has 0 unspecified atom stereocenters. The van der Waals surface area contributed by atoms with Gasteiger partial charge in [-0.2, -0.15) is 5.10 Å². The molecule has 0 aliphatic rings. The molecule has 1 aromatic rings. The molecular formula is C9H12N2O. The Morgan fingerprint density at radius 3 is 2.92 bits per heavy atom. The van der Waals surface area contributed by atoms with Crippen LogP contribution in [0.3, 0.4) is 0 Å². The summed E-state index contributed by atoms with van der Waals surface area (Å²) in [7, 11) is 0. The SMILES string of the molecule is CCc1ccc(O)c(C=NN)c1. The Morgan fingerprint density at radius 1 is 1.58 bits per heavy atom. The Bertz CT molecular complexity index is 295. The predicted molar refractivity (Wildman–Crippen MR) is 49.3 cm³/mol. The fourth-order valence-corrected chi connectivity index (χ4v) is 1.01. The molecule has 3 heteroatoms. The highest BCUT2D eigenvalue weighted by atomic mass is 16.3. The van der Waals surface area contributed by atoms with Gasteiger partial charge < -0.3 is 10.9 Å². The summed E-state index contributed by atoms with van der Waals surface area (Å²) in [5, 5.41) is 12.7. The molecule has 0 aliphatic heterocycles. The van der Waals surface area contributed by atoms with Crippen LogP contribution in [0, 0.1) is 0 Å². The third-order valence-corrected chi connectivity index (χ3v) is 1.71. The standard InChI is InChI=1S/C9H12N2O/c1-2-7-3-4-9(12)8(5-7)6-11-10/h3-6,12H,2,10H2,1H3. The lowest BCUT2D eigenvalue weighted by atomic mass is 10.1. The second-order valence-electron chi connectivity index (χ2n) is 2.52. The van der Waals surface area contributed by atoms with Crippen LogP contribution in [0.15, 0.2) is 23.3 Å². The van der Waals surface area contributed by atoms with Crippen LogP contribution in [0.2, 0.25) is 0 Å². The molecule has 0 fully saturated rings. The molecule has 12 heavy (non-hydrogen) atoms. The van der Waals surface area contributed by atoms with Gasteiger partial charge in [0.1, 0.15) is 5.75 Å². The van der Waals surface area contributed by atoms with Gasteiger partial charge in [0.2, 0.25) is 0 Å². The molecule has 0 atom stereocenters. The first kappa shape index (κ1) is 8.59.